The van der Waals surface area contributed by atoms with Crippen LogP contribution in [0, 0.1) is 5.82 Å². The molecular weight excluding hydrogens is 321 g/mol. The number of carbonyl (C=O) groups is 1. The van der Waals surface area contributed by atoms with Crippen LogP contribution in [0.4, 0.5) is 10.4 Å². The van der Waals surface area contributed by atoms with E-state index in [4.69, 9.17) is 4.42 Å². The molecule has 0 aliphatic carbocycles. The van der Waals surface area contributed by atoms with Crippen molar-refractivity contribution in [3.8, 4) is 0 Å². The molecule has 0 saturated heterocycles. The molecule has 4 rings (SSSR count). The number of fused-ring (bicyclic) bond motifs is 2. The number of hydrogen-bond acceptors (Lipinski definition) is 4. The summed E-state index contributed by atoms with van der Waals surface area (Å²) in [5.41, 5.74) is 3.26. The number of oxazole rings is 1. The van der Waals surface area contributed by atoms with Crippen LogP contribution >= 0.6 is 0 Å². The SMILES string of the molecule is CC(=O)N1CC[C@@H](Nc2nc3ccccc3o2)c2ccc(F)cc2C1. The van der Waals surface area contributed by atoms with Gasteiger partial charge in [0.1, 0.15) is 11.3 Å². The Balaban J connectivity index is 1.68. The van der Waals surface area contributed by atoms with Crippen molar-refractivity contribution in [1.82, 2.24) is 9.88 Å². The van der Waals surface area contributed by atoms with Gasteiger partial charge in [0, 0.05) is 20.0 Å². The molecule has 2 heterocycles. The van der Waals surface area contributed by atoms with Crippen LogP contribution in [0.1, 0.15) is 30.5 Å². The van der Waals surface area contributed by atoms with E-state index < -0.39 is 0 Å². The van der Waals surface area contributed by atoms with Crippen molar-refractivity contribution in [2.75, 3.05) is 11.9 Å². The van der Waals surface area contributed by atoms with E-state index >= 15 is 0 Å². The van der Waals surface area contributed by atoms with Gasteiger partial charge in [0.2, 0.25) is 5.91 Å². The number of rotatable bonds is 2. The summed E-state index contributed by atoms with van der Waals surface area (Å²) >= 11 is 0. The molecule has 0 radical (unpaired) electrons. The van der Waals surface area contributed by atoms with Gasteiger partial charge in [-0.3, -0.25) is 4.79 Å². The summed E-state index contributed by atoms with van der Waals surface area (Å²) in [7, 11) is 0. The van der Waals surface area contributed by atoms with E-state index in [1.165, 1.54) is 19.1 Å². The van der Waals surface area contributed by atoms with Crippen molar-refractivity contribution >= 4 is 23.0 Å². The number of benzene rings is 2. The standard InChI is InChI=1S/C19H18FN3O2/c1-12(24)23-9-8-16(15-7-6-14(20)10-13(15)11-23)21-19-22-17-4-2-3-5-18(17)25-19/h2-7,10,16H,8-9,11H2,1H3,(H,21,22)/t16-/m1/s1. The van der Waals surface area contributed by atoms with Crippen LogP contribution in [-0.4, -0.2) is 22.3 Å². The zero-order chi connectivity index (χ0) is 17.4. The predicted molar refractivity (Wildman–Crippen MR) is 92.5 cm³/mol. The van der Waals surface area contributed by atoms with Gasteiger partial charge in [-0.15, -0.1) is 0 Å². The minimum absolute atomic E-state index is 0.0160. The lowest BCUT2D eigenvalue weighted by Gasteiger charge is -2.18. The molecule has 1 atom stereocenters. The summed E-state index contributed by atoms with van der Waals surface area (Å²) in [6.07, 6.45) is 0.691. The summed E-state index contributed by atoms with van der Waals surface area (Å²) in [5.74, 6) is -0.317. The summed E-state index contributed by atoms with van der Waals surface area (Å²) in [5, 5.41) is 3.31. The number of nitrogens with one attached hydrogen (secondary N) is 1. The maximum Gasteiger partial charge on any atom is 0.296 e. The lowest BCUT2D eigenvalue weighted by Crippen LogP contribution is -2.28. The first kappa shape index (κ1) is 15.6. The van der Waals surface area contributed by atoms with Crippen LogP contribution in [-0.2, 0) is 11.3 Å². The number of hydrogen-bond donors (Lipinski definition) is 1. The van der Waals surface area contributed by atoms with Gasteiger partial charge in [-0.2, -0.15) is 4.98 Å². The van der Waals surface area contributed by atoms with E-state index in [2.05, 4.69) is 10.3 Å². The molecule has 1 aromatic heterocycles. The molecule has 0 unspecified atom stereocenters. The normalized spacial score (nSPS) is 17.2. The molecule has 0 fully saturated rings. The van der Waals surface area contributed by atoms with Crippen LogP contribution in [0.2, 0.25) is 0 Å². The molecule has 0 bridgehead atoms. The van der Waals surface area contributed by atoms with Crippen LogP contribution < -0.4 is 5.32 Å². The van der Waals surface area contributed by atoms with Crippen LogP contribution in [0.15, 0.2) is 46.9 Å². The minimum atomic E-state index is -0.301. The summed E-state index contributed by atoms with van der Waals surface area (Å²) in [4.78, 5) is 18.0. The Morgan fingerprint density at radius 3 is 2.96 bits per heavy atom. The van der Waals surface area contributed by atoms with Gasteiger partial charge < -0.3 is 14.6 Å². The van der Waals surface area contributed by atoms with Crippen molar-refractivity contribution in [2.45, 2.75) is 25.9 Å². The van der Waals surface area contributed by atoms with Crippen molar-refractivity contribution < 1.29 is 13.6 Å². The van der Waals surface area contributed by atoms with E-state index in [-0.39, 0.29) is 17.8 Å². The molecular formula is C19H18FN3O2. The van der Waals surface area contributed by atoms with E-state index in [1.54, 1.807) is 11.0 Å². The number of carbonyl (C=O) groups excluding carboxylic acids is 1. The van der Waals surface area contributed by atoms with Crippen molar-refractivity contribution in [2.24, 2.45) is 0 Å². The first-order chi connectivity index (χ1) is 12.1. The Bertz CT molecular complexity index is 904. The van der Waals surface area contributed by atoms with Crippen LogP contribution in [0.25, 0.3) is 11.1 Å². The van der Waals surface area contributed by atoms with Gasteiger partial charge in [0.05, 0.1) is 6.04 Å². The largest absolute Gasteiger partial charge is 0.424 e. The second-order valence-corrected chi connectivity index (χ2v) is 6.26. The molecule has 1 amide bonds. The number of halogens is 1. The van der Waals surface area contributed by atoms with Gasteiger partial charge in [0.15, 0.2) is 5.58 Å². The summed E-state index contributed by atoms with van der Waals surface area (Å²) in [6.45, 7) is 2.53. The zero-order valence-electron chi connectivity index (χ0n) is 13.8. The lowest BCUT2D eigenvalue weighted by atomic mass is 9.99. The van der Waals surface area contributed by atoms with Crippen molar-refractivity contribution in [3.05, 3.63) is 59.4 Å². The smallest absolute Gasteiger partial charge is 0.296 e. The Morgan fingerprint density at radius 2 is 2.16 bits per heavy atom. The maximum absolute atomic E-state index is 13.7. The number of amides is 1. The molecule has 1 N–H and O–H groups in total. The fourth-order valence-electron chi connectivity index (χ4n) is 3.28. The van der Waals surface area contributed by atoms with E-state index in [0.29, 0.717) is 31.1 Å². The second-order valence-electron chi connectivity index (χ2n) is 6.26. The first-order valence-electron chi connectivity index (χ1n) is 8.26. The highest BCUT2D eigenvalue weighted by molar-refractivity contribution is 5.74. The topological polar surface area (TPSA) is 58.4 Å². The number of aromatic nitrogens is 1. The molecule has 1 aliphatic rings. The maximum atomic E-state index is 13.7. The highest BCUT2D eigenvalue weighted by atomic mass is 19.1. The summed E-state index contributed by atoms with van der Waals surface area (Å²) in [6, 6.07) is 12.6. The van der Waals surface area contributed by atoms with E-state index in [1.807, 2.05) is 24.3 Å². The quantitative estimate of drug-likeness (QED) is 0.770. The second kappa shape index (κ2) is 6.20. The van der Waals surface area contributed by atoms with Crippen molar-refractivity contribution in [1.29, 1.82) is 0 Å². The van der Waals surface area contributed by atoms with Crippen LogP contribution in [0.3, 0.4) is 0 Å². The lowest BCUT2D eigenvalue weighted by molar-refractivity contribution is -0.129. The van der Waals surface area contributed by atoms with Gasteiger partial charge in [-0.1, -0.05) is 18.2 Å². The molecule has 0 saturated carbocycles. The third-order valence-electron chi connectivity index (χ3n) is 4.57. The highest BCUT2D eigenvalue weighted by Crippen LogP contribution is 2.31. The molecule has 25 heavy (non-hydrogen) atoms. The fourth-order valence-corrected chi connectivity index (χ4v) is 3.28. The molecule has 0 spiro atoms. The Labute approximate surface area is 144 Å². The Morgan fingerprint density at radius 1 is 1.32 bits per heavy atom. The fraction of sp³-hybridized carbons (Fsp3) is 0.263. The Hall–Kier alpha value is -2.89. The number of anilines is 1. The van der Waals surface area contributed by atoms with E-state index in [0.717, 1.165) is 16.6 Å². The molecule has 3 aromatic rings. The third-order valence-corrected chi connectivity index (χ3v) is 4.57. The highest BCUT2D eigenvalue weighted by Gasteiger charge is 2.25. The number of para-hydroxylation sites is 2. The average molecular weight is 339 g/mol. The monoisotopic (exact) mass is 339 g/mol. The molecule has 2 aromatic carbocycles. The first-order valence-corrected chi connectivity index (χ1v) is 8.26. The summed E-state index contributed by atoms with van der Waals surface area (Å²) < 4.78 is 19.4. The van der Waals surface area contributed by atoms with Gasteiger partial charge in [-0.05, 0) is 41.8 Å². The zero-order valence-corrected chi connectivity index (χ0v) is 13.8. The van der Waals surface area contributed by atoms with E-state index in [9.17, 15) is 9.18 Å². The van der Waals surface area contributed by atoms with Crippen molar-refractivity contribution in [3.63, 3.8) is 0 Å². The molecule has 128 valence electrons. The predicted octanol–water partition coefficient (Wildman–Crippen LogP) is 3.87. The Kier molecular flexibility index (Phi) is 3.87. The van der Waals surface area contributed by atoms with Crippen LogP contribution in [0.5, 0.6) is 0 Å². The minimum Gasteiger partial charge on any atom is -0.424 e. The molecule has 1 aliphatic heterocycles. The third kappa shape index (κ3) is 3.07. The molecule has 5 nitrogen and oxygen atoms in total. The van der Waals surface area contributed by atoms with Gasteiger partial charge in [0.25, 0.3) is 6.01 Å². The van der Waals surface area contributed by atoms with Gasteiger partial charge >= 0.3 is 0 Å². The average Bonchev–Trinajstić information content (AvgIpc) is 2.90. The van der Waals surface area contributed by atoms with Gasteiger partial charge in [-0.25, -0.2) is 4.39 Å². The molecule has 6 heteroatoms. The number of nitrogens with zero attached hydrogens (tertiary/aromatic N) is 2.